The molecule has 0 unspecified atom stereocenters. The number of aromatic nitrogens is 1. The van der Waals surface area contributed by atoms with Crippen molar-refractivity contribution in [2.24, 2.45) is 0 Å². The smallest absolute Gasteiger partial charge is 0.167 e. The van der Waals surface area contributed by atoms with E-state index in [0.717, 1.165) is 5.56 Å². The van der Waals surface area contributed by atoms with Crippen LogP contribution in [0.15, 0.2) is 59.1 Å². The molecule has 0 fully saturated rings. The molecule has 0 spiro atoms. The second kappa shape index (κ2) is 7.34. The minimum Gasteiger partial charge on any atom is -0.490 e. The van der Waals surface area contributed by atoms with Crippen LogP contribution in [0.4, 0.5) is 0 Å². The van der Waals surface area contributed by atoms with Gasteiger partial charge in [0.1, 0.15) is 12.3 Å². The van der Waals surface area contributed by atoms with E-state index in [4.69, 9.17) is 19.3 Å². The van der Waals surface area contributed by atoms with E-state index in [1.165, 1.54) is 0 Å². The molecular formula is C19H16N2O3. The predicted octanol–water partition coefficient (Wildman–Crippen LogP) is 4.19. The summed E-state index contributed by atoms with van der Waals surface area (Å²) in [6.45, 7) is 2.63. The fourth-order valence-corrected chi connectivity index (χ4v) is 2.24. The van der Waals surface area contributed by atoms with Gasteiger partial charge in [-0.1, -0.05) is 35.5 Å². The van der Waals surface area contributed by atoms with Gasteiger partial charge in [0.25, 0.3) is 0 Å². The van der Waals surface area contributed by atoms with E-state index >= 15 is 0 Å². The molecule has 5 nitrogen and oxygen atoms in total. The van der Waals surface area contributed by atoms with Gasteiger partial charge in [-0.2, -0.15) is 5.26 Å². The molecule has 3 aromatic rings. The Hall–Kier alpha value is -3.26. The molecule has 24 heavy (non-hydrogen) atoms. The molecule has 1 aromatic heterocycles. The molecular weight excluding hydrogens is 304 g/mol. The average molecular weight is 320 g/mol. The summed E-state index contributed by atoms with van der Waals surface area (Å²) in [5, 5.41) is 13.0. The zero-order valence-corrected chi connectivity index (χ0v) is 13.2. The van der Waals surface area contributed by atoms with Gasteiger partial charge in [0.05, 0.1) is 18.2 Å². The topological polar surface area (TPSA) is 68.3 Å². The third kappa shape index (κ3) is 3.55. The molecule has 0 aliphatic rings. The summed E-state index contributed by atoms with van der Waals surface area (Å²) in [7, 11) is 0. The largest absolute Gasteiger partial charge is 0.490 e. The van der Waals surface area contributed by atoms with E-state index in [2.05, 4.69) is 11.2 Å². The first-order chi connectivity index (χ1) is 11.8. The summed E-state index contributed by atoms with van der Waals surface area (Å²) in [5.74, 6) is 1.81. The van der Waals surface area contributed by atoms with Crippen LogP contribution in [0.25, 0.3) is 11.3 Å². The molecule has 0 aliphatic heterocycles. The van der Waals surface area contributed by atoms with Crippen molar-refractivity contribution in [1.29, 1.82) is 5.26 Å². The van der Waals surface area contributed by atoms with E-state index in [0.29, 0.717) is 35.1 Å². The molecule has 5 heteroatoms. The van der Waals surface area contributed by atoms with E-state index in [9.17, 15) is 0 Å². The molecule has 0 N–H and O–H groups in total. The van der Waals surface area contributed by atoms with Crippen LogP contribution in [0.2, 0.25) is 0 Å². The molecule has 0 saturated carbocycles. The van der Waals surface area contributed by atoms with Crippen LogP contribution in [-0.4, -0.2) is 11.8 Å². The zero-order chi connectivity index (χ0) is 16.8. The lowest BCUT2D eigenvalue weighted by atomic mass is 10.2. The maximum atomic E-state index is 8.97. The number of rotatable bonds is 6. The summed E-state index contributed by atoms with van der Waals surface area (Å²) >= 11 is 0. The maximum absolute atomic E-state index is 8.97. The van der Waals surface area contributed by atoms with Crippen molar-refractivity contribution in [2.75, 3.05) is 6.61 Å². The van der Waals surface area contributed by atoms with E-state index in [1.54, 1.807) is 18.2 Å². The van der Waals surface area contributed by atoms with Crippen LogP contribution < -0.4 is 9.47 Å². The van der Waals surface area contributed by atoms with Crippen molar-refractivity contribution >= 4 is 0 Å². The highest BCUT2D eigenvalue weighted by molar-refractivity contribution is 5.56. The van der Waals surface area contributed by atoms with Crippen molar-refractivity contribution in [3.63, 3.8) is 0 Å². The first-order valence-electron chi connectivity index (χ1n) is 7.61. The SMILES string of the molecule is CCOc1cc(C#N)ccc1OCc1cc(-c2ccccc2)on1. The van der Waals surface area contributed by atoms with Crippen LogP contribution >= 0.6 is 0 Å². The Bertz CT molecular complexity index is 851. The lowest BCUT2D eigenvalue weighted by Crippen LogP contribution is -2.00. The summed E-state index contributed by atoms with van der Waals surface area (Å²) in [4.78, 5) is 0. The monoisotopic (exact) mass is 320 g/mol. The Morgan fingerprint density at radius 2 is 1.88 bits per heavy atom. The summed E-state index contributed by atoms with van der Waals surface area (Å²) < 4.78 is 16.6. The summed E-state index contributed by atoms with van der Waals surface area (Å²) in [6, 6.07) is 18.8. The Kier molecular flexibility index (Phi) is 4.78. The van der Waals surface area contributed by atoms with Gasteiger partial charge in [-0.05, 0) is 19.1 Å². The summed E-state index contributed by atoms with van der Waals surface area (Å²) in [6.07, 6.45) is 0. The molecule has 0 amide bonds. The van der Waals surface area contributed by atoms with Crippen LogP contribution in [-0.2, 0) is 6.61 Å². The number of benzene rings is 2. The molecule has 0 radical (unpaired) electrons. The summed E-state index contributed by atoms with van der Waals surface area (Å²) in [5.41, 5.74) is 2.17. The van der Waals surface area contributed by atoms with Gasteiger partial charge in [0.15, 0.2) is 17.3 Å². The quantitative estimate of drug-likeness (QED) is 0.681. The second-order valence-corrected chi connectivity index (χ2v) is 5.04. The van der Waals surface area contributed by atoms with Crippen LogP contribution in [0.1, 0.15) is 18.2 Å². The standard InChI is InChI=1S/C19H16N2O3/c1-2-22-19-10-14(12-20)8-9-17(19)23-13-16-11-18(24-21-16)15-6-4-3-5-7-15/h3-11H,2,13H2,1H3. The minimum atomic E-state index is 0.252. The second-order valence-electron chi connectivity index (χ2n) is 5.04. The molecule has 2 aromatic carbocycles. The third-order valence-corrected chi connectivity index (χ3v) is 3.37. The Balaban J connectivity index is 1.72. The molecule has 3 rings (SSSR count). The van der Waals surface area contributed by atoms with Crippen molar-refractivity contribution in [3.8, 4) is 28.9 Å². The van der Waals surface area contributed by atoms with Gasteiger partial charge in [-0.25, -0.2) is 0 Å². The van der Waals surface area contributed by atoms with E-state index in [-0.39, 0.29) is 6.61 Å². The van der Waals surface area contributed by atoms with Gasteiger partial charge >= 0.3 is 0 Å². The average Bonchev–Trinajstić information content (AvgIpc) is 3.10. The Labute approximate surface area is 140 Å². The van der Waals surface area contributed by atoms with E-state index in [1.807, 2.05) is 43.3 Å². The number of hydrogen-bond acceptors (Lipinski definition) is 5. The molecule has 0 aliphatic carbocycles. The molecule has 120 valence electrons. The number of ether oxygens (including phenoxy) is 2. The molecule has 0 bridgehead atoms. The van der Waals surface area contributed by atoms with Crippen LogP contribution in [0.5, 0.6) is 11.5 Å². The lowest BCUT2D eigenvalue weighted by Gasteiger charge is -2.10. The highest BCUT2D eigenvalue weighted by atomic mass is 16.5. The van der Waals surface area contributed by atoms with Crippen molar-refractivity contribution in [2.45, 2.75) is 13.5 Å². The predicted molar refractivity (Wildman–Crippen MR) is 88.6 cm³/mol. The van der Waals surface area contributed by atoms with Gasteiger partial charge < -0.3 is 14.0 Å². The number of nitrogens with zero attached hydrogens (tertiary/aromatic N) is 2. The first-order valence-corrected chi connectivity index (χ1v) is 7.61. The number of nitriles is 1. The highest BCUT2D eigenvalue weighted by Gasteiger charge is 2.10. The van der Waals surface area contributed by atoms with Crippen LogP contribution in [0, 0.1) is 11.3 Å². The first kappa shape index (κ1) is 15.6. The fraction of sp³-hybridized carbons (Fsp3) is 0.158. The Morgan fingerprint density at radius 1 is 1.04 bits per heavy atom. The van der Waals surface area contributed by atoms with Crippen molar-refractivity contribution in [1.82, 2.24) is 5.16 Å². The minimum absolute atomic E-state index is 0.252. The van der Waals surface area contributed by atoms with E-state index < -0.39 is 0 Å². The highest BCUT2D eigenvalue weighted by Crippen LogP contribution is 2.29. The maximum Gasteiger partial charge on any atom is 0.167 e. The van der Waals surface area contributed by atoms with Crippen molar-refractivity contribution in [3.05, 3.63) is 65.9 Å². The number of hydrogen-bond donors (Lipinski definition) is 0. The lowest BCUT2D eigenvalue weighted by molar-refractivity contribution is 0.261. The van der Waals surface area contributed by atoms with Gasteiger partial charge in [0.2, 0.25) is 0 Å². The zero-order valence-electron chi connectivity index (χ0n) is 13.2. The Morgan fingerprint density at radius 3 is 2.62 bits per heavy atom. The van der Waals surface area contributed by atoms with Gasteiger partial charge in [0, 0.05) is 17.7 Å². The van der Waals surface area contributed by atoms with Gasteiger partial charge in [-0.15, -0.1) is 0 Å². The van der Waals surface area contributed by atoms with Gasteiger partial charge in [-0.3, -0.25) is 0 Å². The molecule has 0 saturated heterocycles. The third-order valence-electron chi connectivity index (χ3n) is 3.37. The molecule has 1 heterocycles. The molecule has 0 atom stereocenters. The van der Waals surface area contributed by atoms with Crippen LogP contribution in [0.3, 0.4) is 0 Å². The fourth-order valence-electron chi connectivity index (χ4n) is 2.24. The normalized spacial score (nSPS) is 10.2. The van der Waals surface area contributed by atoms with Crippen molar-refractivity contribution < 1.29 is 14.0 Å².